The Balaban J connectivity index is 0.000000496. The molecule has 0 bridgehead atoms. The molecule has 0 heterocycles. The first-order valence-corrected chi connectivity index (χ1v) is 28.8. The van der Waals surface area contributed by atoms with E-state index in [1.54, 1.807) is 51.2 Å². The fourth-order valence-electron chi connectivity index (χ4n) is 7.27. The molecule has 0 spiro atoms. The molecule has 0 aliphatic heterocycles. The molecule has 1 amide bonds. The smallest absolute Gasteiger partial charge is 0.251 e. The van der Waals surface area contributed by atoms with Gasteiger partial charge in [-0.25, -0.2) is 35.1 Å². The van der Waals surface area contributed by atoms with Gasteiger partial charge in [0.25, 0.3) is 5.91 Å². The number of rotatable bonds is 10. The Kier molecular flexibility index (Phi) is 33.9. The molecule has 0 saturated carbocycles. The Morgan fingerprint density at radius 3 is 1.21 bits per heavy atom. The van der Waals surface area contributed by atoms with Gasteiger partial charge in [-0.1, -0.05) is 168 Å². The van der Waals surface area contributed by atoms with E-state index in [4.69, 9.17) is 44.8 Å². The third-order valence-electron chi connectivity index (χ3n) is 12.7. The summed E-state index contributed by atoms with van der Waals surface area (Å²) in [6.45, 7) is 27.8. The molecule has 5 nitrogen and oxygen atoms in total. The van der Waals surface area contributed by atoms with Crippen LogP contribution in [-0.2, 0) is 0 Å². The summed E-state index contributed by atoms with van der Waals surface area (Å²) in [4.78, 5) is 13.3. The van der Waals surface area contributed by atoms with Crippen molar-refractivity contribution >= 4 is 46.4 Å². The van der Waals surface area contributed by atoms with Gasteiger partial charge in [-0.15, -0.1) is 0 Å². The van der Waals surface area contributed by atoms with Crippen molar-refractivity contribution in [1.82, 2.24) is 5.32 Å². The normalized spacial score (nSPS) is 10.5. The van der Waals surface area contributed by atoms with E-state index in [1.807, 2.05) is 91.8 Å². The zero-order valence-corrected chi connectivity index (χ0v) is 54.2. The molecule has 0 aliphatic carbocycles. The van der Waals surface area contributed by atoms with E-state index >= 15 is 0 Å². The van der Waals surface area contributed by atoms with Crippen LogP contribution in [0.5, 0.6) is 5.75 Å². The van der Waals surface area contributed by atoms with Crippen LogP contribution >= 0.6 is 34.8 Å². The first-order chi connectivity index (χ1) is 39.6. The van der Waals surface area contributed by atoms with E-state index < -0.39 is 45.7 Å². The quantitative estimate of drug-likeness (QED) is 0.109. The van der Waals surface area contributed by atoms with Crippen molar-refractivity contribution in [2.75, 3.05) is 33.2 Å². The molecule has 85 heavy (non-hydrogen) atoms. The third-order valence-corrected chi connectivity index (χ3v) is 13.6. The predicted molar refractivity (Wildman–Crippen MR) is 337 cm³/mol. The van der Waals surface area contributed by atoms with Gasteiger partial charge >= 0.3 is 0 Å². The van der Waals surface area contributed by atoms with Gasteiger partial charge in [-0.2, -0.15) is 5.26 Å². The van der Waals surface area contributed by atoms with Crippen LogP contribution in [0.4, 0.5) is 40.8 Å². The van der Waals surface area contributed by atoms with Crippen LogP contribution in [0, 0.1) is 57.9 Å². The molecule has 0 saturated heterocycles. The maximum atomic E-state index is 13.1. The lowest BCUT2D eigenvalue weighted by atomic mass is 10.0. The van der Waals surface area contributed by atoms with Crippen LogP contribution in [-0.4, -0.2) is 34.2 Å². The van der Waals surface area contributed by atoms with E-state index in [1.165, 1.54) is 48.2 Å². The highest BCUT2D eigenvalue weighted by Crippen LogP contribution is 2.29. The Hall–Kier alpha value is -6.59. The van der Waals surface area contributed by atoms with Crippen LogP contribution < -0.4 is 15.0 Å². The average Bonchev–Trinajstić information content (AvgIpc) is 3.66. The Morgan fingerprint density at radius 1 is 0.471 bits per heavy atom. The topological polar surface area (TPSA) is 65.4 Å². The first kappa shape index (κ1) is 76.4. The number of nitriles is 1. The van der Waals surface area contributed by atoms with Gasteiger partial charge < -0.3 is 15.0 Å². The Labute approximate surface area is 515 Å². The maximum absolute atomic E-state index is 13.1. The first-order valence-electron chi connectivity index (χ1n) is 27.7. The zero-order chi connectivity index (χ0) is 65.2. The van der Waals surface area contributed by atoms with E-state index in [-0.39, 0.29) is 44.7 Å². The molecule has 0 aromatic heterocycles. The standard InChI is InChI=1S/C11H15NO.C11H17N.C10H10FN.C10H13FO.C9H9Cl2F.C9H9ClF2.C9H9F3/c1-8(2)9-4-6-10(7-5-9)11(13)12-3;1-9(2)10-5-7-11(8-6-10)12(3)4;1-7(2)8-3-4-10(11)9(5-8)6-12;1-7(2)8-4-5-10(12-3)9(11)6-8;1-5(2)6-3-7(10)9(12)8(11)4-6;1-5(2)6-3-7(11)9(10)8(12)4-6;1-5(2)9-7(11)3-6(10)4-8(9)12/h4-8H,1-3H3,(H,12,13);5-9H,1-4H3;3-5,7H,1-2H3;4-7H,1-3H3;3*3-5H,1-2H3. The number of methoxy groups -OCH3 is 1. The molecular weight excluding hydrogens is 1160 g/mol. The zero-order valence-electron chi connectivity index (χ0n) is 52.0. The number of ether oxygens (including phenoxy) is 1. The lowest BCUT2D eigenvalue weighted by Crippen LogP contribution is -2.17. The number of nitrogens with zero attached hydrogens (tertiary/aromatic N) is 2. The molecule has 0 atom stereocenters. The summed E-state index contributed by atoms with van der Waals surface area (Å²) >= 11 is 16.5. The third kappa shape index (κ3) is 26.3. The van der Waals surface area contributed by atoms with Crippen LogP contribution in [0.3, 0.4) is 0 Å². The minimum atomic E-state index is -0.880. The number of benzene rings is 7. The van der Waals surface area contributed by atoms with Crippen molar-refractivity contribution in [2.45, 2.75) is 138 Å². The van der Waals surface area contributed by atoms with E-state index in [2.05, 4.69) is 76.3 Å². The van der Waals surface area contributed by atoms with Crippen molar-refractivity contribution in [1.29, 1.82) is 5.26 Å². The lowest BCUT2D eigenvalue weighted by Gasteiger charge is -2.13. The number of hydrogen-bond acceptors (Lipinski definition) is 4. The molecule has 16 heteroatoms. The van der Waals surface area contributed by atoms with Crippen LogP contribution in [0.15, 0.2) is 121 Å². The fourth-order valence-corrected chi connectivity index (χ4v) is 7.89. The Morgan fingerprint density at radius 2 is 0.847 bits per heavy atom. The number of anilines is 1. The SMILES string of the molecule is CC(C)c1c(F)cc(F)cc1F.CC(C)c1cc(Cl)c(F)c(Cl)c1.CC(C)c1cc(F)c(Cl)c(F)c1.CC(C)c1ccc(F)c(C#N)c1.CC(C)c1ccc(N(C)C)cc1.CNC(=O)c1ccc(C(C)C)cc1.COc1ccc(C(C)C)cc1F. The number of amides is 1. The molecule has 7 rings (SSSR count). The average molecular weight is 1240 g/mol. The summed E-state index contributed by atoms with van der Waals surface area (Å²) in [6, 6.07) is 35.0. The molecule has 7 aromatic rings. The second-order valence-corrected chi connectivity index (χ2v) is 23.1. The van der Waals surface area contributed by atoms with Gasteiger partial charge in [0.1, 0.15) is 46.0 Å². The lowest BCUT2D eigenvalue weighted by molar-refractivity contribution is 0.0963. The molecule has 1 N–H and O–H groups in total. The molecule has 462 valence electrons. The van der Waals surface area contributed by atoms with Crippen molar-refractivity contribution < 1.29 is 44.7 Å². The Bertz CT molecular complexity index is 3050. The maximum Gasteiger partial charge on any atom is 0.251 e. The molecule has 7 aromatic carbocycles. The van der Waals surface area contributed by atoms with E-state index in [9.17, 15) is 39.9 Å². The highest BCUT2D eigenvalue weighted by atomic mass is 35.5. The highest BCUT2D eigenvalue weighted by Gasteiger charge is 2.15. The van der Waals surface area contributed by atoms with Crippen LogP contribution in [0.2, 0.25) is 15.1 Å². The van der Waals surface area contributed by atoms with Gasteiger partial charge in [0, 0.05) is 50.1 Å². The second-order valence-electron chi connectivity index (χ2n) is 21.9. The minimum absolute atomic E-state index is 0.0321. The summed E-state index contributed by atoms with van der Waals surface area (Å²) in [5.41, 5.74) is 8.26. The number of halogens is 11. The van der Waals surface area contributed by atoms with E-state index in [0.29, 0.717) is 58.6 Å². The number of hydrogen-bond donors (Lipinski definition) is 1. The summed E-state index contributed by atoms with van der Waals surface area (Å²) in [7, 11) is 7.22. The number of carbonyl (C=O) groups excluding carboxylic acids is 1. The predicted octanol–water partition coefficient (Wildman–Crippen LogP) is 22.0. The van der Waals surface area contributed by atoms with E-state index in [0.717, 1.165) is 16.7 Å². The highest BCUT2D eigenvalue weighted by molar-refractivity contribution is 6.35. The molecule has 0 radical (unpaired) electrons. The van der Waals surface area contributed by atoms with Gasteiger partial charge in [0.05, 0.1) is 22.7 Å². The van der Waals surface area contributed by atoms with Gasteiger partial charge in [0.15, 0.2) is 17.4 Å². The minimum Gasteiger partial charge on any atom is -0.494 e. The monoisotopic (exact) mass is 1240 g/mol. The summed E-state index contributed by atoms with van der Waals surface area (Å²) in [5.74, 6) is -2.94. The molecule has 0 aliphatic rings. The molecule has 0 fully saturated rings. The molecular formula is C69H82Cl3F8N3O2. The van der Waals surface area contributed by atoms with Gasteiger partial charge in [0.2, 0.25) is 0 Å². The summed E-state index contributed by atoms with van der Waals surface area (Å²) in [6.07, 6.45) is 0. The van der Waals surface area contributed by atoms with Crippen molar-refractivity contribution in [3.63, 3.8) is 0 Å². The van der Waals surface area contributed by atoms with Crippen molar-refractivity contribution in [3.8, 4) is 11.8 Å². The van der Waals surface area contributed by atoms with Gasteiger partial charge in [-0.3, -0.25) is 4.79 Å². The van der Waals surface area contributed by atoms with Crippen molar-refractivity contribution in [2.24, 2.45) is 0 Å². The largest absolute Gasteiger partial charge is 0.494 e. The second kappa shape index (κ2) is 37.8. The van der Waals surface area contributed by atoms with Crippen molar-refractivity contribution in [3.05, 3.63) is 233 Å². The van der Waals surface area contributed by atoms with Gasteiger partial charge in [-0.05, 0) is 148 Å². The molecule has 0 unspecified atom stereocenters. The van der Waals surface area contributed by atoms with Crippen LogP contribution in [0.25, 0.3) is 0 Å². The number of nitrogens with one attached hydrogen (secondary N) is 1. The number of carbonyl (C=O) groups is 1. The van der Waals surface area contributed by atoms with Crippen LogP contribution in [0.1, 0.15) is 193 Å². The summed E-state index contributed by atoms with van der Waals surface area (Å²) in [5, 5.41) is 10.9. The summed E-state index contributed by atoms with van der Waals surface area (Å²) < 4.78 is 107. The fraction of sp³-hybridized carbons (Fsp3) is 0.362.